The maximum Gasteiger partial charge on any atom is 0.337 e. The van der Waals surface area contributed by atoms with E-state index in [1.54, 1.807) is 31.4 Å². The number of hydrogen-bond donors (Lipinski definition) is 1. The van der Waals surface area contributed by atoms with Crippen LogP contribution in [0.25, 0.3) is 0 Å². The Hall–Kier alpha value is -3.87. The molecule has 7 heteroatoms. The van der Waals surface area contributed by atoms with Crippen LogP contribution in [0.15, 0.2) is 71.6 Å². The van der Waals surface area contributed by atoms with E-state index in [1.165, 1.54) is 7.11 Å². The largest absolute Gasteiger partial charge is 0.496 e. The molecular weight excluding hydrogens is 482 g/mol. The monoisotopic (exact) mass is 515 g/mol. The van der Waals surface area contributed by atoms with Crippen LogP contribution >= 0.6 is 0 Å². The van der Waals surface area contributed by atoms with E-state index in [9.17, 15) is 14.4 Å². The van der Waals surface area contributed by atoms with Gasteiger partial charge in [-0.05, 0) is 56.4 Å². The van der Waals surface area contributed by atoms with Crippen molar-refractivity contribution in [1.29, 1.82) is 0 Å². The first kappa shape index (κ1) is 25.8. The molecule has 1 N–H and O–H groups in total. The molecule has 1 heterocycles. The molecule has 0 radical (unpaired) electrons. The number of carbonyl (C=O) groups excluding carboxylic acids is 3. The van der Waals surface area contributed by atoms with Crippen LogP contribution in [0, 0.1) is 5.92 Å². The first-order chi connectivity index (χ1) is 18.4. The lowest BCUT2D eigenvalue weighted by molar-refractivity contribution is -0.144. The molecule has 5 rings (SSSR count). The second-order valence-electron chi connectivity index (χ2n) is 10.2. The summed E-state index contributed by atoms with van der Waals surface area (Å²) >= 11 is 0. The van der Waals surface area contributed by atoms with Crippen LogP contribution in [-0.2, 0) is 19.1 Å². The molecule has 0 bridgehead atoms. The van der Waals surface area contributed by atoms with E-state index in [2.05, 4.69) is 11.4 Å². The molecule has 0 aromatic heterocycles. The number of benzene rings is 2. The highest BCUT2D eigenvalue weighted by molar-refractivity contribution is 5.97. The molecule has 3 aliphatic rings. The van der Waals surface area contributed by atoms with Crippen LogP contribution in [0.1, 0.15) is 72.3 Å². The van der Waals surface area contributed by atoms with Crippen molar-refractivity contribution in [3.8, 4) is 5.75 Å². The zero-order valence-corrected chi connectivity index (χ0v) is 22.0. The highest BCUT2D eigenvalue weighted by Gasteiger charge is 2.45. The molecule has 0 saturated heterocycles. The van der Waals surface area contributed by atoms with Gasteiger partial charge >= 0.3 is 11.9 Å². The van der Waals surface area contributed by atoms with Crippen molar-refractivity contribution >= 4 is 17.7 Å². The fraction of sp³-hybridized carbons (Fsp3) is 0.387. The smallest absolute Gasteiger partial charge is 0.337 e. The fourth-order valence-electron chi connectivity index (χ4n) is 6.04. The van der Waals surface area contributed by atoms with Crippen molar-refractivity contribution in [1.82, 2.24) is 5.32 Å². The summed E-state index contributed by atoms with van der Waals surface area (Å²) in [4.78, 5) is 39.5. The molecular formula is C31H33NO6. The maximum atomic E-state index is 13.9. The second kappa shape index (κ2) is 10.9. The molecule has 1 fully saturated rings. The summed E-state index contributed by atoms with van der Waals surface area (Å²) in [7, 11) is 2.96. The zero-order chi connectivity index (χ0) is 26.8. The summed E-state index contributed by atoms with van der Waals surface area (Å²) in [6.07, 6.45) is 6.09. The van der Waals surface area contributed by atoms with Gasteiger partial charge < -0.3 is 19.5 Å². The number of Topliss-reactive ketones (excluding diaryl/α,β-unsaturated/α-hetero) is 1. The lowest BCUT2D eigenvalue weighted by atomic mass is 9.68. The van der Waals surface area contributed by atoms with Gasteiger partial charge in [-0.15, -0.1) is 0 Å². The number of fused-ring (bicyclic) bond motifs is 1. The Morgan fingerprint density at radius 3 is 2.32 bits per heavy atom. The van der Waals surface area contributed by atoms with Crippen LogP contribution < -0.4 is 10.1 Å². The van der Waals surface area contributed by atoms with Crippen LogP contribution in [0.2, 0.25) is 0 Å². The van der Waals surface area contributed by atoms with Crippen molar-refractivity contribution in [2.45, 2.75) is 57.0 Å². The van der Waals surface area contributed by atoms with E-state index < -0.39 is 17.8 Å². The van der Waals surface area contributed by atoms with Crippen molar-refractivity contribution in [2.75, 3.05) is 14.2 Å². The summed E-state index contributed by atoms with van der Waals surface area (Å²) in [5.41, 5.74) is 4.04. The number of para-hydroxylation sites is 1. The van der Waals surface area contributed by atoms with Gasteiger partial charge in [0.05, 0.1) is 31.3 Å². The maximum absolute atomic E-state index is 13.9. The summed E-state index contributed by atoms with van der Waals surface area (Å²) in [5.74, 6) is -1.31. The predicted molar refractivity (Wildman–Crippen MR) is 142 cm³/mol. The van der Waals surface area contributed by atoms with Crippen LogP contribution in [0.3, 0.4) is 0 Å². The summed E-state index contributed by atoms with van der Waals surface area (Å²) in [6, 6.07) is 14.7. The van der Waals surface area contributed by atoms with Gasteiger partial charge in [0.1, 0.15) is 17.6 Å². The minimum atomic E-state index is -0.570. The minimum Gasteiger partial charge on any atom is -0.496 e. The average molecular weight is 516 g/mol. The lowest BCUT2D eigenvalue weighted by Crippen LogP contribution is -2.42. The number of carbonyl (C=O) groups is 3. The number of rotatable bonds is 6. The lowest BCUT2D eigenvalue weighted by Gasteiger charge is -2.40. The third kappa shape index (κ3) is 4.85. The van der Waals surface area contributed by atoms with E-state index in [1.807, 2.05) is 31.2 Å². The Kier molecular flexibility index (Phi) is 7.36. The number of esters is 2. The van der Waals surface area contributed by atoms with Crippen molar-refractivity contribution < 1.29 is 28.6 Å². The van der Waals surface area contributed by atoms with Gasteiger partial charge in [0, 0.05) is 35.2 Å². The van der Waals surface area contributed by atoms with Gasteiger partial charge in [0.2, 0.25) is 0 Å². The number of hydrogen-bond acceptors (Lipinski definition) is 7. The van der Waals surface area contributed by atoms with Crippen molar-refractivity contribution in [3.63, 3.8) is 0 Å². The van der Waals surface area contributed by atoms with Crippen LogP contribution in [-0.4, -0.2) is 38.0 Å². The molecule has 0 spiro atoms. The Balaban J connectivity index is 1.57. The second-order valence-corrected chi connectivity index (χ2v) is 10.2. The van der Waals surface area contributed by atoms with E-state index in [-0.39, 0.29) is 30.2 Å². The Labute approximate surface area is 222 Å². The molecule has 1 saturated carbocycles. The quantitative estimate of drug-likeness (QED) is 0.530. The topological polar surface area (TPSA) is 90.9 Å². The molecule has 2 aromatic rings. The van der Waals surface area contributed by atoms with Crippen LogP contribution in [0.5, 0.6) is 5.75 Å². The van der Waals surface area contributed by atoms with Gasteiger partial charge in [0.25, 0.3) is 0 Å². The SMILES string of the molecule is COC(=O)c1ccc(C2C(C(=O)OC3CCCC3)=C(C)NC3=CC(c4ccccc4OC)CC(=O)C32)cc1. The van der Waals surface area contributed by atoms with Gasteiger partial charge in [-0.3, -0.25) is 4.79 Å². The molecule has 3 atom stereocenters. The molecule has 2 aromatic carbocycles. The van der Waals surface area contributed by atoms with Gasteiger partial charge in [-0.2, -0.15) is 0 Å². The number of ketones is 1. The fourth-order valence-corrected chi connectivity index (χ4v) is 6.04. The third-order valence-electron chi connectivity index (χ3n) is 7.89. The number of allylic oxidation sites excluding steroid dienone is 3. The average Bonchev–Trinajstić information content (AvgIpc) is 3.44. The number of methoxy groups -OCH3 is 2. The minimum absolute atomic E-state index is 0.0339. The van der Waals surface area contributed by atoms with Gasteiger partial charge in [-0.1, -0.05) is 36.4 Å². The van der Waals surface area contributed by atoms with Crippen LogP contribution in [0.4, 0.5) is 0 Å². The molecule has 1 aliphatic heterocycles. The number of ether oxygens (including phenoxy) is 3. The molecule has 198 valence electrons. The Morgan fingerprint density at radius 1 is 0.921 bits per heavy atom. The third-order valence-corrected chi connectivity index (χ3v) is 7.89. The summed E-state index contributed by atoms with van der Waals surface area (Å²) in [5, 5.41) is 3.38. The summed E-state index contributed by atoms with van der Waals surface area (Å²) in [6.45, 7) is 1.86. The Bertz CT molecular complexity index is 1300. The Morgan fingerprint density at radius 2 is 1.63 bits per heavy atom. The van der Waals surface area contributed by atoms with Crippen molar-refractivity contribution in [3.05, 3.63) is 88.3 Å². The van der Waals surface area contributed by atoms with E-state index in [0.29, 0.717) is 16.8 Å². The van der Waals surface area contributed by atoms with Crippen molar-refractivity contribution in [2.24, 2.45) is 5.92 Å². The molecule has 0 amide bonds. The first-order valence-corrected chi connectivity index (χ1v) is 13.2. The molecule has 2 aliphatic carbocycles. The molecule has 7 nitrogen and oxygen atoms in total. The summed E-state index contributed by atoms with van der Waals surface area (Å²) < 4.78 is 16.3. The first-order valence-electron chi connectivity index (χ1n) is 13.2. The van der Waals surface area contributed by atoms with Gasteiger partial charge in [0.15, 0.2) is 0 Å². The predicted octanol–water partition coefficient (Wildman–Crippen LogP) is 5.19. The highest BCUT2D eigenvalue weighted by Crippen LogP contribution is 2.47. The standard InChI is InChI=1S/C31H33NO6/c1-18-27(31(35)38-22-8-4-5-9-22)28(19-12-14-20(15-13-19)30(34)37-3)29-24(32-18)16-21(17-25(29)33)23-10-6-7-11-26(23)36-2/h6-7,10-16,21-22,28-29,32H,4-5,8-9,17H2,1-3H3. The van der Waals surface area contributed by atoms with E-state index >= 15 is 0 Å². The van der Waals surface area contributed by atoms with Gasteiger partial charge in [-0.25, -0.2) is 9.59 Å². The zero-order valence-electron chi connectivity index (χ0n) is 22.0. The molecule has 38 heavy (non-hydrogen) atoms. The molecule has 3 unspecified atom stereocenters. The van der Waals surface area contributed by atoms with E-state index in [0.717, 1.165) is 48.3 Å². The highest BCUT2D eigenvalue weighted by atomic mass is 16.5. The van der Waals surface area contributed by atoms with E-state index in [4.69, 9.17) is 14.2 Å². The normalized spacial score (nSPS) is 23.3. The number of nitrogens with one attached hydrogen (secondary N) is 1.